The molecule has 9 heavy (non-hydrogen) atoms. The quantitative estimate of drug-likeness (QED) is 0.578. The van der Waals surface area contributed by atoms with Crippen LogP contribution in [0.2, 0.25) is 0 Å². The van der Waals surface area contributed by atoms with Crippen molar-refractivity contribution in [2.45, 2.75) is 25.5 Å². The predicted octanol–water partition coefficient (Wildman–Crippen LogP) is 0.835. The molecule has 4 N–H and O–H groups in total. The highest BCUT2D eigenvalue weighted by Gasteiger charge is 2.13. The minimum atomic E-state index is -3.75. The molecule has 0 amide bonds. The van der Waals surface area contributed by atoms with Crippen LogP contribution in [-0.2, 0) is 10.1 Å². The fourth-order valence-electron chi connectivity index (χ4n) is 0.211. The van der Waals surface area contributed by atoms with Gasteiger partial charge >= 0.3 is 0 Å². The van der Waals surface area contributed by atoms with Crippen LogP contribution >= 0.6 is 0 Å². The van der Waals surface area contributed by atoms with E-state index in [1.807, 2.05) is 0 Å². The summed E-state index contributed by atoms with van der Waals surface area (Å²) in [6, 6.07) is 0. The maximum atomic E-state index is 10.1. The standard InChI is InChI=1S/C4H10O3S.H3N/c1-3-4(2)8(5,6)7;/h4H,3H2,1-2H3,(H,5,6,7);1H3. The van der Waals surface area contributed by atoms with Gasteiger partial charge in [0.15, 0.2) is 0 Å². The Morgan fingerprint density at radius 2 is 1.89 bits per heavy atom. The third-order valence-electron chi connectivity index (χ3n) is 1.08. The summed E-state index contributed by atoms with van der Waals surface area (Å²) in [5.41, 5.74) is 0. The first-order valence-electron chi connectivity index (χ1n) is 2.44. The maximum Gasteiger partial charge on any atom is 0.267 e. The molecule has 0 rings (SSSR count). The van der Waals surface area contributed by atoms with Crippen LogP contribution in [-0.4, -0.2) is 18.2 Å². The summed E-state index contributed by atoms with van der Waals surface area (Å²) >= 11 is 0. The van der Waals surface area contributed by atoms with Gasteiger partial charge in [-0.1, -0.05) is 6.92 Å². The smallest absolute Gasteiger partial charge is 0.267 e. The maximum absolute atomic E-state index is 10.1. The summed E-state index contributed by atoms with van der Waals surface area (Å²) in [4.78, 5) is 0. The molecule has 0 fully saturated rings. The van der Waals surface area contributed by atoms with Crippen molar-refractivity contribution in [1.82, 2.24) is 6.15 Å². The lowest BCUT2D eigenvalue weighted by Gasteiger charge is -2.00. The Balaban J connectivity index is 0. The zero-order chi connectivity index (χ0) is 6.78. The molecule has 58 valence electrons. The largest absolute Gasteiger partial charge is 0.344 e. The van der Waals surface area contributed by atoms with Gasteiger partial charge in [-0.25, -0.2) is 0 Å². The zero-order valence-corrected chi connectivity index (χ0v) is 6.48. The van der Waals surface area contributed by atoms with Crippen LogP contribution in [0.4, 0.5) is 0 Å². The van der Waals surface area contributed by atoms with Gasteiger partial charge in [-0.15, -0.1) is 0 Å². The Bertz CT molecular complexity index is 151. The second kappa shape index (κ2) is 3.81. The zero-order valence-electron chi connectivity index (χ0n) is 5.66. The molecule has 0 aromatic carbocycles. The molecule has 0 saturated carbocycles. The molecule has 0 spiro atoms. The summed E-state index contributed by atoms with van der Waals surface area (Å²) in [5, 5.41) is -0.623. The molecule has 0 radical (unpaired) electrons. The first-order valence-corrected chi connectivity index (χ1v) is 3.95. The van der Waals surface area contributed by atoms with Crippen molar-refractivity contribution in [2.75, 3.05) is 0 Å². The van der Waals surface area contributed by atoms with Crippen LogP contribution in [0.1, 0.15) is 20.3 Å². The van der Waals surface area contributed by atoms with Crippen LogP contribution in [0.3, 0.4) is 0 Å². The van der Waals surface area contributed by atoms with Gasteiger partial charge in [0.1, 0.15) is 0 Å². The lowest BCUT2D eigenvalue weighted by molar-refractivity contribution is 0.468. The van der Waals surface area contributed by atoms with Gasteiger partial charge in [0.2, 0.25) is 0 Å². The second-order valence-electron chi connectivity index (χ2n) is 1.73. The third kappa shape index (κ3) is 4.38. The molecule has 1 unspecified atom stereocenters. The van der Waals surface area contributed by atoms with Gasteiger partial charge in [0.05, 0.1) is 5.25 Å². The van der Waals surface area contributed by atoms with E-state index in [-0.39, 0.29) is 6.15 Å². The van der Waals surface area contributed by atoms with Gasteiger partial charge in [-0.2, -0.15) is 8.42 Å². The van der Waals surface area contributed by atoms with E-state index < -0.39 is 15.4 Å². The average molecular weight is 155 g/mol. The molecule has 0 saturated heterocycles. The Kier molecular flexibility index (Phi) is 4.93. The average Bonchev–Trinajstić information content (AvgIpc) is 1.62. The Labute approximate surface area is 55.6 Å². The van der Waals surface area contributed by atoms with Crippen LogP contribution in [0.5, 0.6) is 0 Å². The first-order chi connectivity index (χ1) is 3.48. The van der Waals surface area contributed by atoms with Crippen molar-refractivity contribution in [3.05, 3.63) is 0 Å². The number of rotatable bonds is 2. The van der Waals surface area contributed by atoms with Crippen molar-refractivity contribution < 1.29 is 13.0 Å². The topological polar surface area (TPSA) is 89.4 Å². The van der Waals surface area contributed by atoms with Crippen molar-refractivity contribution >= 4 is 10.1 Å². The molecule has 4 nitrogen and oxygen atoms in total. The summed E-state index contributed by atoms with van der Waals surface area (Å²) in [5.74, 6) is 0. The highest BCUT2D eigenvalue weighted by atomic mass is 32.2. The molecule has 0 aliphatic heterocycles. The molecular weight excluding hydrogens is 142 g/mol. The van der Waals surface area contributed by atoms with Crippen LogP contribution in [0.25, 0.3) is 0 Å². The summed E-state index contributed by atoms with van der Waals surface area (Å²) in [7, 11) is -3.75. The van der Waals surface area contributed by atoms with Crippen LogP contribution < -0.4 is 6.15 Å². The number of hydrogen-bond donors (Lipinski definition) is 2. The molecule has 0 aromatic heterocycles. The highest BCUT2D eigenvalue weighted by molar-refractivity contribution is 7.86. The normalized spacial score (nSPS) is 14.1. The molecule has 0 aromatic rings. The van der Waals surface area contributed by atoms with E-state index in [4.69, 9.17) is 4.55 Å². The van der Waals surface area contributed by atoms with Gasteiger partial charge < -0.3 is 6.15 Å². The summed E-state index contributed by atoms with van der Waals surface area (Å²) in [6.45, 7) is 3.17. The fourth-order valence-corrected chi connectivity index (χ4v) is 0.632. The first kappa shape index (κ1) is 11.6. The van der Waals surface area contributed by atoms with E-state index in [1.54, 1.807) is 6.92 Å². The Hall–Kier alpha value is -0.130. The SMILES string of the molecule is CCC(C)S(=O)(=O)O.N. The molecule has 0 aliphatic rings. The van der Waals surface area contributed by atoms with Gasteiger partial charge in [0.25, 0.3) is 10.1 Å². The van der Waals surface area contributed by atoms with Crippen LogP contribution in [0.15, 0.2) is 0 Å². The molecule has 0 heterocycles. The van der Waals surface area contributed by atoms with E-state index in [2.05, 4.69) is 0 Å². The van der Waals surface area contributed by atoms with Crippen molar-refractivity contribution in [2.24, 2.45) is 0 Å². The van der Waals surface area contributed by atoms with E-state index >= 15 is 0 Å². The lowest BCUT2D eigenvalue weighted by atomic mass is 10.4. The molecular formula is C4H13NO3S. The monoisotopic (exact) mass is 155 g/mol. The van der Waals surface area contributed by atoms with Crippen molar-refractivity contribution in [3.8, 4) is 0 Å². The Morgan fingerprint density at radius 1 is 1.56 bits per heavy atom. The highest BCUT2D eigenvalue weighted by Crippen LogP contribution is 1.99. The number of hydrogen-bond acceptors (Lipinski definition) is 3. The predicted molar refractivity (Wildman–Crippen MR) is 36.3 cm³/mol. The van der Waals surface area contributed by atoms with Crippen molar-refractivity contribution in [1.29, 1.82) is 0 Å². The molecule has 0 bridgehead atoms. The molecule has 1 atom stereocenters. The minimum Gasteiger partial charge on any atom is -0.344 e. The Morgan fingerprint density at radius 3 is 1.89 bits per heavy atom. The van der Waals surface area contributed by atoms with Gasteiger partial charge in [-0.05, 0) is 13.3 Å². The van der Waals surface area contributed by atoms with E-state index in [0.29, 0.717) is 6.42 Å². The fraction of sp³-hybridized carbons (Fsp3) is 1.00. The van der Waals surface area contributed by atoms with Gasteiger partial charge in [-0.3, -0.25) is 4.55 Å². The summed E-state index contributed by atoms with van der Waals surface area (Å²) < 4.78 is 28.5. The van der Waals surface area contributed by atoms with E-state index in [0.717, 1.165) is 0 Å². The van der Waals surface area contributed by atoms with E-state index in [9.17, 15) is 8.42 Å². The van der Waals surface area contributed by atoms with E-state index in [1.165, 1.54) is 6.92 Å². The second-order valence-corrected chi connectivity index (χ2v) is 3.57. The minimum absolute atomic E-state index is 0. The lowest BCUT2D eigenvalue weighted by Crippen LogP contribution is -2.14. The molecule has 5 heteroatoms. The summed E-state index contributed by atoms with van der Waals surface area (Å²) in [6.07, 6.45) is 0.457. The van der Waals surface area contributed by atoms with Crippen LogP contribution in [0, 0.1) is 0 Å². The molecule has 0 aliphatic carbocycles. The van der Waals surface area contributed by atoms with Crippen molar-refractivity contribution in [3.63, 3.8) is 0 Å². The van der Waals surface area contributed by atoms with Gasteiger partial charge in [0, 0.05) is 0 Å². The third-order valence-corrected chi connectivity index (χ3v) is 2.43.